The van der Waals surface area contributed by atoms with E-state index in [0.29, 0.717) is 0 Å². The molecular weight excluding hydrogens is 134 g/mol. The molecule has 1 N–H and O–H groups in total. The second-order valence-corrected chi connectivity index (χ2v) is 2.29. The zero-order chi connectivity index (χ0) is 6.69. The highest BCUT2D eigenvalue weighted by molar-refractivity contribution is 7.80. The molecule has 50 valence electrons. The summed E-state index contributed by atoms with van der Waals surface area (Å²) in [5.74, 6) is 0. The van der Waals surface area contributed by atoms with Crippen molar-refractivity contribution in [2.75, 3.05) is 13.7 Å². The molecule has 0 radical (unpaired) electrons. The summed E-state index contributed by atoms with van der Waals surface area (Å²) in [4.78, 5) is 0.830. The van der Waals surface area contributed by atoms with E-state index in [0.717, 1.165) is 23.5 Å². The first-order valence-corrected chi connectivity index (χ1v) is 3.25. The van der Waals surface area contributed by atoms with Crippen LogP contribution < -0.4 is 5.32 Å². The van der Waals surface area contributed by atoms with Gasteiger partial charge in [0, 0.05) is 12.1 Å². The zero-order valence-corrected chi connectivity index (χ0v) is 6.12. The van der Waals surface area contributed by atoms with Crippen molar-refractivity contribution in [1.82, 2.24) is 5.32 Å². The van der Waals surface area contributed by atoms with Crippen molar-refractivity contribution < 1.29 is 4.74 Å². The van der Waals surface area contributed by atoms with Crippen LogP contribution in [0.2, 0.25) is 0 Å². The molecule has 0 aromatic carbocycles. The Morgan fingerprint density at radius 1 is 1.78 bits per heavy atom. The molecule has 0 spiro atoms. The Balaban J connectivity index is 2.59. The summed E-state index contributed by atoms with van der Waals surface area (Å²) in [6.45, 7) is 0.952. The SMILES string of the molecule is CO/C=C1/CCNC1=S. The maximum absolute atomic E-state index is 4.95. The second-order valence-electron chi connectivity index (χ2n) is 1.88. The number of nitrogens with one attached hydrogen (secondary N) is 1. The van der Waals surface area contributed by atoms with Gasteiger partial charge in [0.05, 0.1) is 13.4 Å². The quantitative estimate of drug-likeness (QED) is 0.334. The largest absolute Gasteiger partial charge is 0.504 e. The standard InChI is InChI=1S/C6H9NOS/c1-8-4-5-2-3-7-6(5)9/h4H,2-3H2,1H3,(H,7,9)/b5-4-. The molecule has 2 nitrogen and oxygen atoms in total. The predicted octanol–water partition coefficient (Wildman–Crippen LogP) is 0.837. The fraction of sp³-hybridized carbons (Fsp3) is 0.500. The van der Waals surface area contributed by atoms with Crippen LogP contribution in [0.25, 0.3) is 0 Å². The molecule has 1 rings (SSSR count). The Bertz CT molecular complexity index is 153. The van der Waals surface area contributed by atoms with Crippen molar-refractivity contribution in [2.24, 2.45) is 0 Å². The number of hydrogen-bond acceptors (Lipinski definition) is 2. The fourth-order valence-corrected chi connectivity index (χ4v) is 1.04. The van der Waals surface area contributed by atoms with Gasteiger partial charge in [-0.15, -0.1) is 0 Å². The normalized spacial score (nSPS) is 22.3. The van der Waals surface area contributed by atoms with Crippen LogP contribution in [0.15, 0.2) is 11.8 Å². The first-order chi connectivity index (χ1) is 4.34. The van der Waals surface area contributed by atoms with Crippen molar-refractivity contribution in [1.29, 1.82) is 0 Å². The molecule has 9 heavy (non-hydrogen) atoms. The summed E-state index contributed by atoms with van der Waals surface area (Å²) < 4.78 is 4.81. The first kappa shape index (κ1) is 6.55. The topological polar surface area (TPSA) is 21.3 Å². The predicted molar refractivity (Wildman–Crippen MR) is 40.3 cm³/mol. The minimum Gasteiger partial charge on any atom is -0.504 e. The summed E-state index contributed by atoms with van der Waals surface area (Å²) in [5, 5.41) is 3.04. The van der Waals surface area contributed by atoms with Gasteiger partial charge in [0.1, 0.15) is 4.99 Å². The van der Waals surface area contributed by atoms with E-state index in [-0.39, 0.29) is 0 Å². The maximum atomic E-state index is 4.95. The van der Waals surface area contributed by atoms with Gasteiger partial charge in [-0.05, 0) is 6.42 Å². The van der Waals surface area contributed by atoms with Gasteiger partial charge in [0.2, 0.25) is 0 Å². The van der Waals surface area contributed by atoms with E-state index < -0.39 is 0 Å². The summed E-state index contributed by atoms with van der Waals surface area (Å²) >= 11 is 4.95. The lowest BCUT2D eigenvalue weighted by Crippen LogP contribution is -2.11. The number of hydrogen-bond donors (Lipinski definition) is 1. The molecule has 1 saturated heterocycles. The monoisotopic (exact) mass is 143 g/mol. The highest BCUT2D eigenvalue weighted by atomic mass is 32.1. The Labute approximate surface area is 59.9 Å². The van der Waals surface area contributed by atoms with E-state index in [1.165, 1.54) is 0 Å². The lowest BCUT2D eigenvalue weighted by Gasteiger charge is -1.93. The number of rotatable bonds is 1. The lowest BCUT2D eigenvalue weighted by molar-refractivity contribution is 0.335. The molecule has 0 bridgehead atoms. The van der Waals surface area contributed by atoms with Crippen LogP contribution in [0.3, 0.4) is 0 Å². The van der Waals surface area contributed by atoms with E-state index in [9.17, 15) is 0 Å². The van der Waals surface area contributed by atoms with Gasteiger partial charge in [-0.2, -0.15) is 0 Å². The van der Waals surface area contributed by atoms with Crippen molar-refractivity contribution in [3.63, 3.8) is 0 Å². The van der Waals surface area contributed by atoms with Gasteiger partial charge in [-0.1, -0.05) is 12.2 Å². The van der Waals surface area contributed by atoms with Crippen molar-refractivity contribution in [2.45, 2.75) is 6.42 Å². The minimum atomic E-state index is 0.830. The van der Waals surface area contributed by atoms with Crippen LogP contribution in [-0.4, -0.2) is 18.6 Å². The number of methoxy groups -OCH3 is 1. The molecule has 1 aliphatic heterocycles. The molecule has 1 fully saturated rings. The van der Waals surface area contributed by atoms with Crippen molar-refractivity contribution in [3.8, 4) is 0 Å². The van der Waals surface area contributed by atoms with Gasteiger partial charge in [-0.25, -0.2) is 0 Å². The van der Waals surface area contributed by atoms with Crippen molar-refractivity contribution in [3.05, 3.63) is 11.8 Å². The Morgan fingerprint density at radius 3 is 3.00 bits per heavy atom. The number of thiocarbonyl (C=S) groups is 1. The van der Waals surface area contributed by atoms with E-state index >= 15 is 0 Å². The molecule has 0 amide bonds. The van der Waals surface area contributed by atoms with Crippen LogP contribution >= 0.6 is 12.2 Å². The average Bonchev–Trinajstić information content (AvgIpc) is 2.18. The molecule has 0 unspecified atom stereocenters. The summed E-state index contributed by atoms with van der Waals surface area (Å²) in [6.07, 6.45) is 2.69. The first-order valence-electron chi connectivity index (χ1n) is 2.84. The van der Waals surface area contributed by atoms with E-state index in [1.54, 1.807) is 13.4 Å². The average molecular weight is 143 g/mol. The smallest absolute Gasteiger partial charge is 0.105 e. The molecule has 0 aliphatic carbocycles. The Morgan fingerprint density at radius 2 is 2.56 bits per heavy atom. The maximum Gasteiger partial charge on any atom is 0.105 e. The molecule has 0 atom stereocenters. The summed E-state index contributed by atoms with van der Waals surface area (Å²) in [6, 6.07) is 0. The molecule has 3 heteroatoms. The molecule has 0 saturated carbocycles. The van der Waals surface area contributed by atoms with E-state index in [2.05, 4.69) is 5.32 Å². The van der Waals surface area contributed by atoms with Crippen LogP contribution in [-0.2, 0) is 4.74 Å². The zero-order valence-electron chi connectivity index (χ0n) is 5.31. The third-order valence-electron chi connectivity index (χ3n) is 1.23. The van der Waals surface area contributed by atoms with Crippen LogP contribution in [0.1, 0.15) is 6.42 Å². The van der Waals surface area contributed by atoms with Crippen LogP contribution in [0.5, 0.6) is 0 Å². The molecule has 1 heterocycles. The van der Waals surface area contributed by atoms with Gasteiger partial charge in [0.25, 0.3) is 0 Å². The molecule has 0 aromatic rings. The van der Waals surface area contributed by atoms with Crippen molar-refractivity contribution >= 4 is 17.2 Å². The Kier molecular flexibility index (Phi) is 2.05. The van der Waals surface area contributed by atoms with E-state index in [4.69, 9.17) is 17.0 Å². The highest BCUT2D eigenvalue weighted by Gasteiger charge is 2.11. The third-order valence-corrected chi connectivity index (χ3v) is 1.64. The third kappa shape index (κ3) is 1.42. The lowest BCUT2D eigenvalue weighted by atomic mass is 10.3. The molecule has 0 aromatic heterocycles. The van der Waals surface area contributed by atoms with Gasteiger partial charge < -0.3 is 10.1 Å². The van der Waals surface area contributed by atoms with E-state index in [1.807, 2.05) is 0 Å². The summed E-state index contributed by atoms with van der Waals surface area (Å²) in [7, 11) is 1.63. The molecular formula is C6H9NOS. The van der Waals surface area contributed by atoms with Crippen LogP contribution in [0.4, 0.5) is 0 Å². The fourth-order valence-electron chi connectivity index (χ4n) is 0.792. The van der Waals surface area contributed by atoms with Crippen LogP contribution in [0, 0.1) is 0 Å². The second kappa shape index (κ2) is 2.82. The van der Waals surface area contributed by atoms with Gasteiger partial charge in [-0.3, -0.25) is 0 Å². The minimum absolute atomic E-state index is 0.830. The van der Waals surface area contributed by atoms with Gasteiger partial charge in [0.15, 0.2) is 0 Å². The van der Waals surface area contributed by atoms with Gasteiger partial charge >= 0.3 is 0 Å². The highest BCUT2D eigenvalue weighted by Crippen LogP contribution is 2.08. The Hall–Kier alpha value is -0.570. The number of ether oxygens (including phenoxy) is 1. The summed E-state index contributed by atoms with van der Waals surface area (Å²) in [5.41, 5.74) is 1.10. The molecule has 1 aliphatic rings.